The van der Waals surface area contributed by atoms with Crippen LogP contribution in [0.25, 0.3) is 11.0 Å². The minimum absolute atomic E-state index is 0.108. The molecule has 0 atom stereocenters. The summed E-state index contributed by atoms with van der Waals surface area (Å²) in [4.78, 5) is 4.75. The molecule has 0 saturated heterocycles. The van der Waals surface area contributed by atoms with Gasteiger partial charge >= 0.3 is 0 Å². The minimum atomic E-state index is 0.108. The third-order valence-corrected chi connectivity index (χ3v) is 3.67. The maximum absolute atomic E-state index is 5.68. The van der Waals surface area contributed by atoms with E-state index in [4.69, 9.17) is 10.7 Å². The number of hydrogen-bond donors (Lipinski definition) is 1. The molecule has 0 unspecified atom stereocenters. The molecule has 1 heterocycles. The third kappa shape index (κ3) is 1.95. The van der Waals surface area contributed by atoms with Crippen LogP contribution in [-0.4, -0.2) is 9.55 Å². The third-order valence-electron chi connectivity index (χ3n) is 3.67. The monoisotopic (exact) mass is 231 g/mol. The summed E-state index contributed by atoms with van der Waals surface area (Å²) >= 11 is 0. The van der Waals surface area contributed by atoms with Crippen molar-refractivity contribution in [2.75, 3.05) is 0 Å². The first-order chi connectivity index (χ1) is 7.99. The number of benzene rings is 1. The summed E-state index contributed by atoms with van der Waals surface area (Å²) in [5.41, 5.74) is 9.17. The molecule has 0 fully saturated rings. The Labute approximate surface area is 103 Å². The predicted octanol–water partition coefficient (Wildman–Crippen LogP) is 2.72. The second-order valence-corrected chi connectivity index (χ2v) is 5.26. The van der Waals surface area contributed by atoms with Crippen LogP contribution in [0.15, 0.2) is 18.2 Å². The van der Waals surface area contributed by atoms with Crippen molar-refractivity contribution in [3.63, 3.8) is 0 Å². The highest BCUT2D eigenvalue weighted by Gasteiger charge is 2.24. The summed E-state index contributed by atoms with van der Waals surface area (Å²) < 4.78 is 2.19. The van der Waals surface area contributed by atoms with Crippen molar-refractivity contribution >= 4 is 11.0 Å². The quantitative estimate of drug-likeness (QED) is 0.882. The van der Waals surface area contributed by atoms with Crippen LogP contribution in [0.1, 0.15) is 38.6 Å². The molecule has 0 spiro atoms. The Bertz CT molecular complexity index is 538. The van der Waals surface area contributed by atoms with Gasteiger partial charge in [0.1, 0.15) is 5.82 Å². The molecule has 0 bridgehead atoms. The highest BCUT2D eigenvalue weighted by atomic mass is 15.1. The Morgan fingerprint density at radius 2 is 2.06 bits per heavy atom. The number of hydrogen-bond acceptors (Lipinski definition) is 2. The van der Waals surface area contributed by atoms with E-state index in [1.165, 1.54) is 5.52 Å². The standard InChI is InChI=1S/C14H21N3/c1-5-14(2,3)13-16-11-7-6-10(9-15)8-12(11)17(13)4/h6-8H,5,9,15H2,1-4H3. The molecule has 0 amide bonds. The summed E-state index contributed by atoms with van der Waals surface area (Å²) in [7, 11) is 2.09. The van der Waals surface area contributed by atoms with E-state index in [1.807, 2.05) is 0 Å². The fourth-order valence-corrected chi connectivity index (χ4v) is 2.13. The van der Waals surface area contributed by atoms with E-state index in [-0.39, 0.29) is 5.41 Å². The molecule has 3 nitrogen and oxygen atoms in total. The van der Waals surface area contributed by atoms with E-state index in [2.05, 4.69) is 50.6 Å². The first-order valence-electron chi connectivity index (χ1n) is 6.15. The predicted molar refractivity (Wildman–Crippen MR) is 71.9 cm³/mol. The van der Waals surface area contributed by atoms with Gasteiger partial charge in [0.25, 0.3) is 0 Å². The molecule has 3 heteroatoms. The van der Waals surface area contributed by atoms with Crippen molar-refractivity contribution in [1.82, 2.24) is 9.55 Å². The fourth-order valence-electron chi connectivity index (χ4n) is 2.13. The van der Waals surface area contributed by atoms with Crippen LogP contribution >= 0.6 is 0 Å². The highest BCUT2D eigenvalue weighted by Crippen LogP contribution is 2.28. The summed E-state index contributed by atoms with van der Waals surface area (Å²) in [5, 5.41) is 0. The molecule has 2 aromatic rings. The van der Waals surface area contributed by atoms with Gasteiger partial charge in [0, 0.05) is 19.0 Å². The van der Waals surface area contributed by atoms with Crippen LogP contribution in [-0.2, 0) is 19.0 Å². The van der Waals surface area contributed by atoms with Crippen LogP contribution in [0.3, 0.4) is 0 Å². The molecule has 0 radical (unpaired) electrons. The van der Waals surface area contributed by atoms with E-state index in [0.29, 0.717) is 6.54 Å². The van der Waals surface area contributed by atoms with Gasteiger partial charge < -0.3 is 10.3 Å². The van der Waals surface area contributed by atoms with Crippen molar-refractivity contribution in [2.45, 2.75) is 39.2 Å². The smallest absolute Gasteiger partial charge is 0.115 e. The van der Waals surface area contributed by atoms with Crippen LogP contribution in [0.5, 0.6) is 0 Å². The molecule has 92 valence electrons. The Morgan fingerprint density at radius 3 is 2.65 bits per heavy atom. The van der Waals surface area contributed by atoms with Crippen molar-refractivity contribution in [3.05, 3.63) is 29.6 Å². The number of nitrogens with zero attached hydrogens (tertiary/aromatic N) is 2. The van der Waals surface area contributed by atoms with E-state index < -0.39 is 0 Å². The fraction of sp³-hybridized carbons (Fsp3) is 0.500. The topological polar surface area (TPSA) is 43.8 Å². The Hall–Kier alpha value is -1.35. The van der Waals surface area contributed by atoms with Gasteiger partial charge in [-0.05, 0) is 24.1 Å². The molecule has 2 rings (SSSR count). The zero-order valence-electron chi connectivity index (χ0n) is 11.1. The molecular formula is C14H21N3. The number of fused-ring (bicyclic) bond motifs is 1. The molecule has 1 aromatic carbocycles. The summed E-state index contributed by atoms with van der Waals surface area (Å²) in [5.74, 6) is 1.14. The first-order valence-corrected chi connectivity index (χ1v) is 6.15. The lowest BCUT2D eigenvalue weighted by molar-refractivity contribution is 0.460. The number of imidazole rings is 1. The van der Waals surface area contributed by atoms with E-state index in [9.17, 15) is 0 Å². The minimum Gasteiger partial charge on any atom is -0.331 e. The van der Waals surface area contributed by atoms with Crippen LogP contribution < -0.4 is 5.73 Å². The van der Waals surface area contributed by atoms with E-state index in [1.54, 1.807) is 0 Å². The Morgan fingerprint density at radius 1 is 1.35 bits per heavy atom. The average Bonchev–Trinajstić information content (AvgIpc) is 2.67. The lowest BCUT2D eigenvalue weighted by Crippen LogP contribution is -2.20. The SMILES string of the molecule is CCC(C)(C)c1nc2ccc(CN)cc2n1C. The van der Waals surface area contributed by atoms with Crippen molar-refractivity contribution in [3.8, 4) is 0 Å². The maximum Gasteiger partial charge on any atom is 0.115 e. The molecule has 0 aliphatic carbocycles. The highest BCUT2D eigenvalue weighted by molar-refractivity contribution is 5.77. The van der Waals surface area contributed by atoms with Gasteiger partial charge in [-0.3, -0.25) is 0 Å². The van der Waals surface area contributed by atoms with E-state index in [0.717, 1.165) is 23.3 Å². The van der Waals surface area contributed by atoms with Gasteiger partial charge in [0.05, 0.1) is 11.0 Å². The zero-order valence-corrected chi connectivity index (χ0v) is 11.1. The lowest BCUT2D eigenvalue weighted by atomic mass is 9.89. The molecule has 1 aromatic heterocycles. The van der Waals surface area contributed by atoms with Crippen LogP contribution in [0.4, 0.5) is 0 Å². The number of nitrogens with two attached hydrogens (primary N) is 1. The van der Waals surface area contributed by atoms with Crippen LogP contribution in [0.2, 0.25) is 0 Å². The number of aryl methyl sites for hydroxylation is 1. The zero-order chi connectivity index (χ0) is 12.6. The number of rotatable bonds is 3. The summed E-state index contributed by atoms with van der Waals surface area (Å²) in [6, 6.07) is 6.25. The average molecular weight is 231 g/mol. The molecule has 0 aliphatic rings. The van der Waals surface area contributed by atoms with Gasteiger partial charge in [-0.15, -0.1) is 0 Å². The van der Waals surface area contributed by atoms with Gasteiger partial charge in [0.2, 0.25) is 0 Å². The van der Waals surface area contributed by atoms with Gasteiger partial charge in [-0.1, -0.05) is 26.8 Å². The Balaban J connectivity index is 2.65. The lowest BCUT2D eigenvalue weighted by Gasteiger charge is -2.21. The normalized spacial score (nSPS) is 12.3. The van der Waals surface area contributed by atoms with Gasteiger partial charge in [-0.2, -0.15) is 0 Å². The molecule has 0 aliphatic heterocycles. The van der Waals surface area contributed by atoms with Crippen LogP contribution in [0, 0.1) is 0 Å². The summed E-state index contributed by atoms with van der Waals surface area (Å²) in [6.07, 6.45) is 1.08. The maximum atomic E-state index is 5.68. The number of aromatic nitrogens is 2. The van der Waals surface area contributed by atoms with E-state index >= 15 is 0 Å². The van der Waals surface area contributed by atoms with Crippen molar-refractivity contribution < 1.29 is 0 Å². The molecule has 0 saturated carbocycles. The first kappa shape index (κ1) is 12.1. The molecule has 2 N–H and O–H groups in total. The van der Waals surface area contributed by atoms with Gasteiger partial charge in [0.15, 0.2) is 0 Å². The van der Waals surface area contributed by atoms with Crippen molar-refractivity contribution in [2.24, 2.45) is 12.8 Å². The largest absolute Gasteiger partial charge is 0.331 e. The molecule has 17 heavy (non-hydrogen) atoms. The molecular weight excluding hydrogens is 210 g/mol. The second kappa shape index (κ2) is 4.15. The van der Waals surface area contributed by atoms with Gasteiger partial charge in [-0.25, -0.2) is 4.98 Å². The Kier molecular flexibility index (Phi) is 2.96. The summed E-state index contributed by atoms with van der Waals surface area (Å²) in [6.45, 7) is 7.24. The second-order valence-electron chi connectivity index (χ2n) is 5.26. The van der Waals surface area contributed by atoms with Crippen molar-refractivity contribution in [1.29, 1.82) is 0 Å².